The molecule has 1 aromatic carbocycles. The highest BCUT2D eigenvalue weighted by molar-refractivity contribution is 5.93. The van der Waals surface area contributed by atoms with Crippen LogP contribution in [0.25, 0.3) is 0 Å². The Bertz CT molecular complexity index is 1150. The van der Waals surface area contributed by atoms with Crippen LogP contribution in [0, 0.1) is 11.3 Å². The molecule has 8 heteroatoms. The van der Waals surface area contributed by atoms with Gasteiger partial charge in [-0.2, -0.15) is 0 Å². The highest BCUT2D eigenvalue weighted by atomic mass is 16.6. The Kier molecular flexibility index (Phi) is 6.62. The van der Waals surface area contributed by atoms with Crippen LogP contribution in [-0.4, -0.2) is 65.2 Å². The Morgan fingerprint density at radius 2 is 1.76 bits per heavy atom. The summed E-state index contributed by atoms with van der Waals surface area (Å²) in [6, 6.07) is 8.42. The van der Waals surface area contributed by atoms with Crippen LogP contribution >= 0.6 is 0 Å². The van der Waals surface area contributed by atoms with Gasteiger partial charge in [0.05, 0.1) is 0 Å². The van der Waals surface area contributed by atoms with Crippen LogP contribution in [0.4, 0.5) is 16.2 Å². The maximum atomic E-state index is 12.6. The number of piperazine rings is 1. The molecule has 2 amide bonds. The molecular formula is C29H39N5O3. The van der Waals surface area contributed by atoms with E-state index in [-0.39, 0.29) is 17.4 Å². The number of rotatable bonds is 4. The van der Waals surface area contributed by atoms with Gasteiger partial charge in [0, 0.05) is 69.8 Å². The van der Waals surface area contributed by atoms with Gasteiger partial charge in [-0.25, -0.2) is 14.8 Å². The third-order valence-corrected chi connectivity index (χ3v) is 8.03. The van der Waals surface area contributed by atoms with Crippen molar-refractivity contribution >= 4 is 23.4 Å². The fraction of sp³-hybridized carbons (Fsp3) is 0.586. The van der Waals surface area contributed by atoms with Crippen molar-refractivity contribution in [3.05, 3.63) is 48.0 Å². The minimum Gasteiger partial charge on any atom is -0.444 e. The molecule has 2 aromatic rings. The smallest absolute Gasteiger partial charge is 0.410 e. The number of benzene rings is 1. The second-order valence-corrected chi connectivity index (χ2v) is 12.0. The average molecular weight is 506 g/mol. The molecule has 8 nitrogen and oxygen atoms in total. The summed E-state index contributed by atoms with van der Waals surface area (Å²) in [5, 5.41) is 0. The quantitative estimate of drug-likeness (QED) is 0.602. The van der Waals surface area contributed by atoms with Crippen molar-refractivity contribution in [2.45, 2.75) is 65.4 Å². The third kappa shape index (κ3) is 5.29. The van der Waals surface area contributed by atoms with Gasteiger partial charge in [-0.3, -0.25) is 4.79 Å². The molecular weight excluding hydrogens is 466 g/mol. The molecule has 3 aliphatic rings. The number of ether oxygens (including phenoxy) is 1. The first kappa shape index (κ1) is 25.5. The largest absolute Gasteiger partial charge is 0.444 e. The average Bonchev–Trinajstić information content (AvgIpc) is 3.62. The molecule has 1 aromatic heterocycles. The number of carbonyl (C=O) groups is 2. The maximum absolute atomic E-state index is 12.6. The van der Waals surface area contributed by atoms with Crippen molar-refractivity contribution in [2.24, 2.45) is 11.3 Å². The van der Waals surface area contributed by atoms with E-state index in [1.54, 1.807) is 11.8 Å². The van der Waals surface area contributed by atoms with Crippen LogP contribution in [0.2, 0.25) is 0 Å². The van der Waals surface area contributed by atoms with E-state index in [1.807, 2.05) is 44.1 Å². The zero-order valence-corrected chi connectivity index (χ0v) is 22.7. The summed E-state index contributed by atoms with van der Waals surface area (Å²) in [6.07, 6.45) is 6.56. The van der Waals surface area contributed by atoms with E-state index >= 15 is 0 Å². The first-order chi connectivity index (χ1) is 17.6. The Balaban J connectivity index is 1.40. The van der Waals surface area contributed by atoms with Gasteiger partial charge in [-0.15, -0.1) is 0 Å². The Morgan fingerprint density at radius 3 is 2.35 bits per heavy atom. The molecule has 0 N–H and O–H groups in total. The van der Waals surface area contributed by atoms with Crippen LogP contribution in [0.15, 0.2) is 36.7 Å². The predicted octanol–water partition coefficient (Wildman–Crippen LogP) is 4.64. The molecule has 2 atom stereocenters. The van der Waals surface area contributed by atoms with E-state index < -0.39 is 5.60 Å². The highest BCUT2D eigenvalue weighted by Crippen LogP contribution is 2.63. The fourth-order valence-corrected chi connectivity index (χ4v) is 6.23. The van der Waals surface area contributed by atoms with Crippen molar-refractivity contribution in [2.75, 3.05) is 42.5 Å². The van der Waals surface area contributed by atoms with Crippen LogP contribution < -0.4 is 9.80 Å². The number of amides is 2. The Labute approximate surface area is 220 Å². The Hall–Kier alpha value is -3.16. The number of hydrogen-bond donors (Lipinski definition) is 0. The number of aromatic nitrogens is 2. The molecule has 0 spiro atoms. The lowest BCUT2D eigenvalue weighted by molar-refractivity contribution is -0.116. The summed E-state index contributed by atoms with van der Waals surface area (Å²) in [4.78, 5) is 40.3. The number of anilines is 2. The molecule has 198 valence electrons. The van der Waals surface area contributed by atoms with Crippen LogP contribution in [0.3, 0.4) is 0 Å². The van der Waals surface area contributed by atoms with Crippen molar-refractivity contribution in [3.8, 4) is 0 Å². The molecule has 5 rings (SSSR count). The van der Waals surface area contributed by atoms with Crippen molar-refractivity contribution in [1.29, 1.82) is 0 Å². The van der Waals surface area contributed by atoms with Gasteiger partial charge in [0.15, 0.2) is 0 Å². The maximum Gasteiger partial charge on any atom is 0.410 e. The first-order valence-electron chi connectivity index (χ1n) is 13.5. The van der Waals surface area contributed by atoms with Crippen LogP contribution in [0.5, 0.6) is 0 Å². The van der Waals surface area contributed by atoms with E-state index in [1.165, 1.54) is 5.56 Å². The van der Waals surface area contributed by atoms with Gasteiger partial charge >= 0.3 is 6.09 Å². The van der Waals surface area contributed by atoms with Gasteiger partial charge in [0.2, 0.25) is 5.91 Å². The zero-order valence-electron chi connectivity index (χ0n) is 22.7. The van der Waals surface area contributed by atoms with Crippen molar-refractivity contribution < 1.29 is 14.3 Å². The Morgan fingerprint density at radius 1 is 1.08 bits per heavy atom. The predicted molar refractivity (Wildman–Crippen MR) is 144 cm³/mol. The van der Waals surface area contributed by atoms with E-state index in [9.17, 15) is 9.59 Å². The molecule has 1 saturated carbocycles. The molecule has 37 heavy (non-hydrogen) atoms. The van der Waals surface area contributed by atoms with Gasteiger partial charge < -0.3 is 19.4 Å². The topological polar surface area (TPSA) is 78.9 Å². The molecule has 0 bridgehead atoms. The van der Waals surface area contributed by atoms with Crippen molar-refractivity contribution in [1.82, 2.24) is 14.9 Å². The summed E-state index contributed by atoms with van der Waals surface area (Å²) >= 11 is 0. The van der Waals surface area contributed by atoms with E-state index in [0.717, 1.165) is 56.1 Å². The minimum atomic E-state index is -0.495. The number of nitrogens with zero attached hydrogens (tertiary/aromatic N) is 5. The summed E-state index contributed by atoms with van der Waals surface area (Å²) in [6.45, 7) is 13.1. The molecule has 0 radical (unpaired) electrons. The third-order valence-electron chi connectivity index (χ3n) is 8.03. The second-order valence-electron chi connectivity index (χ2n) is 12.0. The van der Waals surface area contributed by atoms with E-state index in [0.29, 0.717) is 24.9 Å². The van der Waals surface area contributed by atoms with Gasteiger partial charge in [-0.1, -0.05) is 6.92 Å². The molecule has 1 aliphatic carbocycles. The fourth-order valence-electron chi connectivity index (χ4n) is 6.23. The normalized spacial score (nSPS) is 22.9. The van der Waals surface area contributed by atoms with Gasteiger partial charge in [0.25, 0.3) is 0 Å². The highest BCUT2D eigenvalue weighted by Gasteiger charge is 2.54. The van der Waals surface area contributed by atoms with Crippen LogP contribution in [0.1, 0.15) is 64.8 Å². The number of carbonyl (C=O) groups excluding carboxylic acids is 2. The molecule has 3 heterocycles. The monoisotopic (exact) mass is 505 g/mol. The lowest BCUT2D eigenvalue weighted by Gasteiger charge is -2.43. The second kappa shape index (κ2) is 9.62. The first-order valence-corrected chi connectivity index (χ1v) is 13.5. The van der Waals surface area contributed by atoms with Gasteiger partial charge in [-0.05, 0) is 80.7 Å². The summed E-state index contributed by atoms with van der Waals surface area (Å²) in [7, 11) is 0. The SMILES string of the molecule is CC(=O)N1CC(C)[C@@H](C2(Cc3ncccn3)CC2)c2cc(N3CCN(C(=O)OC(C)(C)C)CC3)ccc21. The molecule has 2 aliphatic heterocycles. The molecule has 1 saturated heterocycles. The van der Waals surface area contributed by atoms with Crippen molar-refractivity contribution in [3.63, 3.8) is 0 Å². The van der Waals surface area contributed by atoms with Crippen LogP contribution in [-0.2, 0) is 16.0 Å². The summed E-state index contributed by atoms with van der Waals surface area (Å²) in [5.74, 6) is 1.66. The lowest BCUT2D eigenvalue weighted by atomic mass is 9.70. The lowest BCUT2D eigenvalue weighted by Crippen LogP contribution is -2.50. The number of hydrogen-bond acceptors (Lipinski definition) is 6. The molecule has 2 fully saturated rings. The zero-order chi connectivity index (χ0) is 26.4. The summed E-state index contributed by atoms with van der Waals surface area (Å²) < 4.78 is 5.57. The van der Waals surface area contributed by atoms with E-state index in [2.05, 4.69) is 40.0 Å². The number of fused-ring (bicyclic) bond motifs is 1. The van der Waals surface area contributed by atoms with E-state index in [4.69, 9.17) is 4.74 Å². The molecule has 1 unspecified atom stereocenters. The summed E-state index contributed by atoms with van der Waals surface area (Å²) in [5.41, 5.74) is 3.08. The van der Waals surface area contributed by atoms with Gasteiger partial charge in [0.1, 0.15) is 11.4 Å². The minimum absolute atomic E-state index is 0.0847. The standard InChI is InChI=1S/C29H39N5O3/c1-20-19-34(21(2)35)24-8-7-22(32-13-15-33(16-14-32)27(36)37-28(3,4)5)17-23(24)26(20)29(9-10-29)18-25-30-11-6-12-31-25/h6-8,11-12,17,20,26H,9-10,13-16,18-19H2,1-5H3/t20?,26-/m1/s1.